The van der Waals surface area contributed by atoms with E-state index in [1.54, 1.807) is 21.3 Å². The van der Waals surface area contributed by atoms with Crippen LogP contribution in [0.25, 0.3) is 0 Å². The molecule has 0 fully saturated rings. The van der Waals surface area contributed by atoms with Crippen LogP contribution in [0.5, 0.6) is 0 Å². The molecule has 0 amide bonds. The van der Waals surface area contributed by atoms with Gasteiger partial charge >= 0.3 is 8.80 Å². The average molecular weight is 331 g/mol. The van der Waals surface area contributed by atoms with Crippen LogP contribution in [0.15, 0.2) is 0 Å². The summed E-state index contributed by atoms with van der Waals surface area (Å²) in [5, 5.41) is 0. The Balaban J connectivity index is 4.66. The van der Waals surface area contributed by atoms with Crippen LogP contribution in [0.2, 0.25) is 5.54 Å². The molecule has 0 bridgehead atoms. The van der Waals surface area contributed by atoms with Gasteiger partial charge in [0.05, 0.1) is 39.6 Å². The maximum atomic E-state index is 5.98. The lowest BCUT2D eigenvalue weighted by Crippen LogP contribution is -2.51. The van der Waals surface area contributed by atoms with E-state index in [9.17, 15) is 0 Å². The molecular formula is C12H27ClO6Si. The number of hydrogen-bond acceptors (Lipinski definition) is 6. The van der Waals surface area contributed by atoms with E-state index in [-0.39, 0.29) is 5.54 Å². The van der Waals surface area contributed by atoms with Crippen molar-refractivity contribution < 1.29 is 27.5 Å². The quantitative estimate of drug-likeness (QED) is 0.273. The first-order valence-electron chi connectivity index (χ1n) is 6.61. The number of ether oxygens (including phenoxy) is 3. The van der Waals surface area contributed by atoms with Gasteiger partial charge in [-0.3, -0.25) is 0 Å². The van der Waals surface area contributed by atoms with E-state index < -0.39 is 8.80 Å². The van der Waals surface area contributed by atoms with Gasteiger partial charge in [-0.1, -0.05) is 6.92 Å². The summed E-state index contributed by atoms with van der Waals surface area (Å²) in [4.78, 5) is 0. The third kappa shape index (κ3) is 7.89. The van der Waals surface area contributed by atoms with Crippen LogP contribution in [-0.4, -0.2) is 75.7 Å². The van der Waals surface area contributed by atoms with E-state index in [1.807, 2.05) is 6.92 Å². The lowest BCUT2D eigenvalue weighted by molar-refractivity contribution is 0.0101. The van der Waals surface area contributed by atoms with E-state index in [1.165, 1.54) is 0 Å². The number of hydrogen-bond donors (Lipinski definition) is 0. The number of alkyl halides is 1. The van der Waals surface area contributed by atoms with Crippen molar-refractivity contribution in [2.24, 2.45) is 0 Å². The maximum absolute atomic E-state index is 5.98. The zero-order valence-electron chi connectivity index (χ0n) is 12.9. The van der Waals surface area contributed by atoms with Crippen molar-refractivity contribution in [3.05, 3.63) is 0 Å². The fourth-order valence-corrected chi connectivity index (χ4v) is 4.41. The lowest BCUT2D eigenvalue weighted by atomic mass is 10.6. The molecule has 8 heteroatoms. The first kappa shape index (κ1) is 20.3. The summed E-state index contributed by atoms with van der Waals surface area (Å²) in [6.45, 7) is 4.62. The number of methoxy groups -OCH3 is 3. The Morgan fingerprint density at radius 2 is 1.10 bits per heavy atom. The molecular weight excluding hydrogens is 304 g/mol. The Bertz CT molecular complexity index is 196. The van der Waals surface area contributed by atoms with Gasteiger partial charge in [0.2, 0.25) is 0 Å². The largest absolute Gasteiger partial charge is 0.505 e. The highest BCUT2D eigenvalue weighted by Crippen LogP contribution is 2.26. The first-order valence-corrected chi connectivity index (χ1v) is 8.95. The lowest BCUT2D eigenvalue weighted by Gasteiger charge is -2.33. The number of rotatable bonds is 14. The van der Waals surface area contributed by atoms with Crippen LogP contribution in [0.1, 0.15) is 6.92 Å². The topological polar surface area (TPSA) is 55.4 Å². The van der Waals surface area contributed by atoms with Crippen molar-refractivity contribution in [2.45, 2.75) is 12.5 Å². The van der Waals surface area contributed by atoms with Gasteiger partial charge in [-0.15, -0.1) is 11.6 Å². The van der Waals surface area contributed by atoms with E-state index in [2.05, 4.69) is 0 Å². The Labute approximate surface area is 127 Å². The predicted molar refractivity (Wildman–Crippen MR) is 79.4 cm³/mol. The first-order chi connectivity index (χ1) is 9.66. The smallest absolute Gasteiger partial charge is 0.382 e. The molecule has 0 aromatic rings. The SMILES string of the molecule is COCCO[Si](OCCOC)(OCCOC)C(C)CCl. The highest BCUT2D eigenvalue weighted by atomic mass is 35.5. The Morgan fingerprint density at radius 1 is 0.750 bits per heavy atom. The molecule has 0 aliphatic rings. The average Bonchev–Trinajstić information content (AvgIpc) is 2.46. The minimum Gasteiger partial charge on any atom is -0.382 e. The zero-order chi connectivity index (χ0) is 15.3. The van der Waals surface area contributed by atoms with E-state index >= 15 is 0 Å². The fourth-order valence-electron chi connectivity index (χ4n) is 1.45. The predicted octanol–water partition coefficient (Wildman–Crippen LogP) is 1.54. The third-order valence-corrected chi connectivity index (χ3v) is 6.56. The highest BCUT2D eigenvalue weighted by molar-refractivity contribution is 6.63. The molecule has 0 rings (SSSR count). The van der Waals surface area contributed by atoms with Gasteiger partial charge in [0.1, 0.15) is 0 Å². The van der Waals surface area contributed by atoms with Crippen LogP contribution in [0.3, 0.4) is 0 Å². The highest BCUT2D eigenvalue weighted by Gasteiger charge is 2.47. The van der Waals surface area contributed by atoms with E-state index in [0.29, 0.717) is 45.5 Å². The molecule has 0 aliphatic heterocycles. The molecule has 1 atom stereocenters. The molecule has 0 heterocycles. The summed E-state index contributed by atoms with van der Waals surface area (Å²) >= 11 is 5.98. The molecule has 20 heavy (non-hydrogen) atoms. The number of halogens is 1. The molecule has 0 aromatic heterocycles. The molecule has 0 saturated carbocycles. The Hall–Kier alpha value is 0.267. The van der Waals surface area contributed by atoms with Crippen molar-refractivity contribution in [1.82, 2.24) is 0 Å². The second-order valence-corrected chi connectivity index (χ2v) is 7.55. The van der Waals surface area contributed by atoms with Gasteiger partial charge in [-0.2, -0.15) is 0 Å². The van der Waals surface area contributed by atoms with Crippen LogP contribution in [-0.2, 0) is 27.5 Å². The third-order valence-electron chi connectivity index (χ3n) is 2.61. The van der Waals surface area contributed by atoms with Gasteiger partial charge < -0.3 is 27.5 Å². The maximum Gasteiger partial charge on any atom is 0.505 e. The van der Waals surface area contributed by atoms with Gasteiger partial charge in [0.15, 0.2) is 0 Å². The molecule has 0 spiro atoms. The van der Waals surface area contributed by atoms with Crippen molar-refractivity contribution in [3.8, 4) is 0 Å². The van der Waals surface area contributed by atoms with Crippen LogP contribution >= 0.6 is 11.6 Å². The molecule has 0 aliphatic carbocycles. The van der Waals surface area contributed by atoms with E-state index in [4.69, 9.17) is 39.1 Å². The summed E-state index contributed by atoms with van der Waals surface area (Å²) < 4.78 is 32.7. The summed E-state index contributed by atoms with van der Waals surface area (Å²) in [5.41, 5.74) is -0.0188. The Morgan fingerprint density at radius 3 is 1.35 bits per heavy atom. The molecule has 0 N–H and O–H groups in total. The van der Waals surface area contributed by atoms with E-state index in [0.717, 1.165) is 0 Å². The summed E-state index contributed by atoms with van der Waals surface area (Å²) in [5.74, 6) is 0.402. The van der Waals surface area contributed by atoms with Crippen molar-refractivity contribution in [3.63, 3.8) is 0 Å². The molecule has 0 aromatic carbocycles. The van der Waals surface area contributed by atoms with Gasteiger partial charge in [-0.25, -0.2) is 0 Å². The second kappa shape index (κ2) is 13.0. The molecule has 1 unspecified atom stereocenters. The van der Waals surface area contributed by atoms with Crippen LogP contribution < -0.4 is 0 Å². The monoisotopic (exact) mass is 330 g/mol. The zero-order valence-corrected chi connectivity index (χ0v) is 14.6. The fraction of sp³-hybridized carbons (Fsp3) is 1.00. The molecule has 0 radical (unpaired) electrons. The van der Waals surface area contributed by atoms with Gasteiger partial charge in [-0.05, 0) is 0 Å². The standard InChI is InChI=1S/C12H27ClO6Si/c1-12(11-13)20(17-8-5-14-2,18-9-6-15-3)19-10-7-16-4/h12H,5-11H2,1-4H3. The normalized spacial score (nSPS) is 13.7. The van der Waals surface area contributed by atoms with Crippen molar-refractivity contribution in [2.75, 3.05) is 66.9 Å². The minimum atomic E-state index is -2.88. The van der Waals surface area contributed by atoms with Crippen molar-refractivity contribution >= 4 is 20.4 Å². The van der Waals surface area contributed by atoms with Crippen LogP contribution in [0, 0.1) is 0 Å². The van der Waals surface area contributed by atoms with Crippen LogP contribution in [0.4, 0.5) is 0 Å². The molecule has 122 valence electrons. The minimum absolute atomic E-state index is 0.0188. The van der Waals surface area contributed by atoms with Crippen molar-refractivity contribution in [1.29, 1.82) is 0 Å². The summed E-state index contributed by atoms with van der Waals surface area (Å²) in [6.07, 6.45) is 0. The molecule has 6 nitrogen and oxygen atoms in total. The van der Waals surface area contributed by atoms with Gasteiger partial charge in [0.25, 0.3) is 0 Å². The summed E-state index contributed by atoms with van der Waals surface area (Å²) in [7, 11) is 1.98. The summed E-state index contributed by atoms with van der Waals surface area (Å²) in [6, 6.07) is 0. The van der Waals surface area contributed by atoms with Gasteiger partial charge in [0, 0.05) is 32.8 Å². The molecule has 0 saturated heterocycles. The Kier molecular flexibility index (Phi) is 13.1. The second-order valence-electron chi connectivity index (χ2n) is 4.18.